The van der Waals surface area contributed by atoms with Gasteiger partial charge in [-0.05, 0) is 56.4 Å². The van der Waals surface area contributed by atoms with E-state index in [1.807, 2.05) is 0 Å². The van der Waals surface area contributed by atoms with E-state index in [-0.39, 0.29) is 5.60 Å². The molecular formula is C18H35NO. The molecule has 2 atom stereocenters. The van der Waals surface area contributed by atoms with Crippen molar-refractivity contribution >= 4 is 0 Å². The molecule has 2 saturated carbocycles. The molecule has 0 saturated heterocycles. The zero-order valence-corrected chi connectivity index (χ0v) is 14.1. The van der Waals surface area contributed by atoms with Gasteiger partial charge in [-0.15, -0.1) is 0 Å². The molecule has 0 aliphatic heterocycles. The summed E-state index contributed by atoms with van der Waals surface area (Å²) in [6, 6.07) is 0. The summed E-state index contributed by atoms with van der Waals surface area (Å²) in [4.78, 5) is 0. The van der Waals surface area contributed by atoms with Gasteiger partial charge in [-0.2, -0.15) is 0 Å². The highest BCUT2D eigenvalue weighted by molar-refractivity contribution is 4.92. The lowest BCUT2D eigenvalue weighted by Crippen LogP contribution is -2.46. The van der Waals surface area contributed by atoms with Crippen LogP contribution < -0.4 is 5.32 Å². The molecule has 118 valence electrons. The molecule has 2 heteroatoms. The van der Waals surface area contributed by atoms with E-state index in [1.165, 1.54) is 51.4 Å². The second kappa shape index (κ2) is 6.79. The van der Waals surface area contributed by atoms with Gasteiger partial charge >= 0.3 is 0 Å². The van der Waals surface area contributed by atoms with Gasteiger partial charge in [0.05, 0.1) is 11.7 Å². The van der Waals surface area contributed by atoms with E-state index < -0.39 is 0 Å². The van der Waals surface area contributed by atoms with Gasteiger partial charge in [0.25, 0.3) is 0 Å². The lowest BCUT2D eigenvalue weighted by Gasteiger charge is -2.43. The zero-order valence-electron chi connectivity index (χ0n) is 14.1. The quantitative estimate of drug-likeness (QED) is 0.722. The first-order chi connectivity index (χ1) is 9.45. The van der Waals surface area contributed by atoms with Crippen molar-refractivity contribution in [3.05, 3.63) is 0 Å². The Kier molecular flexibility index (Phi) is 5.53. The molecule has 0 amide bonds. The van der Waals surface area contributed by atoms with Gasteiger partial charge < -0.3 is 10.1 Å². The smallest absolute Gasteiger partial charge is 0.0810 e. The molecule has 20 heavy (non-hydrogen) atoms. The van der Waals surface area contributed by atoms with Gasteiger partial charge in [-0.3, -0.25) is 0 Å². The van der Waals surface area contributed by atoms with Crippen molar-refractivity contribution in [2.45, 2.75) is 90.8 Å². The maximum Gasteiger partial charge on any atom is 0.0810 e. The molecule has 0 aromatic rings. The van der Waals surface area contributed by atoms with Crippen LogP contribution in [-0.2, 0) is 4.74 Å². The summed E-state index contributed by atoms with van der Waals surface area (Å²) in [6.07, 6.45) is 10.8. The van der Waals surface area contributed by atoms with Crippen molar-refractivity contribution in [2.75, 3.05) is 13.1 Å². The Hall–Kier alpha value is -0.0800. The molecule has 2 unspecified atom stereocenters. The van der Waals surface area contributed by atoms with Crippen LogP contribution in [0.25, 0.3) is 0 Å². The maximum atomic E-state index is 6.73. The van der Waals surface area contributed by atoms with Gasteiger partial charge in [-0.25, -0.2) is 0 Å². The van der Waals surface area contributed by atoms with Crippen LogP contribution in [0.2, 0.25) is 0 Å². The van der Waals surface area contributed by atoms with E-state index in [4.69, 9.17) is 4.74 Å². The molecule has 2 rings (SSSR count). The molecule has 2 aliphatic carbocycles. The van der Waals surface area contributed by atoms with Crippen molar-refractivity contribution in [2.24, 2.45) is 11.3 Å². The molecule has 2 aliphatic rings. The number of nitrogens with one attached hydrogen (secondary N) is 1. The Morgan fingerprint density at radius 1 is 1.15 bits per heavy atom. The van der Waals surface area contributed by atoms with Gasteiger partial charge in [0.2, 0.25) is 0 Å². The lowest BCUT2D eigenvalue weighted by atomic mass is 9.71. The highest BCUT2D eigenvalue weighted by Gasteiger charge is 2.40. The van der Waals surface area contributed by atoms with Crippen LogP contribution in [0.4, 0.5) is 0 Å². The second-order valence-corrected chi connectivity index (χ2v) is 8.22. The third-order valence-electron chi connectivity index (χ3n) is 5.15. The van der Waals surface area contributed by atoms with Crippen LogP contribution in [-0.4, -0.2) is 24.8 Å². The molecule has 0 heterocycles. The average Bonchev–Trinajstić information content (AvgIpc) is 2.75. The van der Waals surface area contributed by atoms with E-state index in [1.54, 1.807) is 0 Å². The Morgan fingerprint density at radius 2 is 1.85 bits per heavy atom. The Morgan fingerprint density at radius 3 is 2.45 bits per heavy atom. The van der Waals surface area contributed by atoms with Crippen LogP contribution in [0.3, 0.4) is 0 Å². The molecule has 0 aromatic heterocycles. The minimum absolute atomic E-state index is 0.146. The van der Waals surface area contributed by atoms with E-state index in [0.717, 1.165) is 19.0 Å². The Bertz CT molecular complexity index is 294. The first-order valence-corrected chi connectivity index (χ1v) is 8.83. The van der Waals surface area contributed by atoms with Crippen molar-refractivity contribution in [1.29, 1.82) is 0 Å². The molecule has 0 aromatic carbocycles. The fourth-order valence-electron chi connectivity index (χ4n) is 4.55. The van der Waals surface area contributed by atoms with E-state index in [2.05, 4.69) is 33.0 Å². The normalized spacial score (nSPS) is 32.4. The predicted molar refractivity (Wildman–Crippen MR) is 86.0 cm³/mol. The van der Waals surface area contributed by atoms with Crippen LogP contribution in [0.15, 0.2) is 0 Å². The second-order valence-electron chi connectivity index (χ2n) is 8.22. The fraction of sp³-hybridized carbons (Fsp3) is 1.00. The minimum Gasteiger partial charge on any atom is -0.370 e. The standard InChI is InChI=1S/C18H35NO/c1-5-10-19-14-18(8-6-7-9-18)20-16-11-15(2)12-17(3,4)13-16/h15-16,19H,5-14H2,1-4H3. The van der Waals surface area contributed by atoms with Crippen LogP contribution in [0.5, 0.6) is 0 Å². The van der Waals surface area contributed by atoms with Crippen molar-refractivity contribution in [3.8, 4) is 0 Å². The topological polar surface area (TPSA) is 21.3 Å². The maximum absolute atomic E-state index is 6.73. The lowest BCUT2D eigenvalue weighted by molar-refractivity contribution is -0.122. The average molecular weight is 281 g/mol. The molecule has 0 spiro atoms. The molecule has 0 bridgehead atoms. The van der Waals surface area contributed by atoms with Crippen molar-refractivity contribution < 1.29 is 4.74 Å². The highest BCUT2D eigenvalue weighted by atomic mass is 16.5. The summed E-state index contributed by atoms with van der Waals surface area (Å²) in [5.74, 6) is 0.811. The first-order valence-electron chi connectivity index (χ1n) is 8.83. The summed E-state index contributed by atoms with van der Waals surface area (Å²) in [5.41, 5.74) is 0.603. The highest BCUT2D eigenvalue weighted by Crippen LogP contribution is 2.43. The van der Waals surface area contributed by atoms with E-state index in [0.29, 0.717) is 11.5 Å². The third kappa shape index (κ3) is 4.46. The van der Waals surface area contributed by atoms with Crippen LogP contribution in [0, 0.1) is 11.3 Å². The van der Waals surface area contributed by atoms with Crippen LogP contribution >= 0.6 is 0 Å². The van der Waals surface area contributed by atoms with Crippen molar-refractivity contribution in [1.82, 2.24) is 5.32 Å². The predicted octanol–water partition coefficient (Wildman–Crippen LogP) is 4.53. The Balaban J connectivity index is 1.93. The molecular weight excluding hydrogens is 246 g/mol. The number of rotatable bonds is 6. The van der Waals surface area contributed by atoms with E-state index in [9.17, 15) is 0 Å². The minimum atomic E-state index is 0.146. The van der Waals surface area contributed by atoms with Crippen LogP contribution in [0.1, 0.15) is 79.1 Å². The largest absolute Gasteiger partial charge is 0.370 e. The SMILES string of the molecule is CCCNCC1(OC2CC(C)CC(C)(C)C2)CCCC1. The Labute approximate surface area is 126 Å². The fourth-order valence-corrected chi connectivity index (χ4v) is 4.55. The van der Waals surface area contributed by atoms with Gasteiger partial charge in [0.15, 0.2) is 0 Å². The molecule has 2 nitrogen and oxygen atoms in total. The summed E-state index contributed by atoms with van der Waals surface area (Å²) in [6.45, 7) is 11.6. The molecule has 2 fully saturated rings. The summed E-state index contributed by atoms with van der Waals surface area (Å²) >= 11 is 0. The number of hydrogen-bond acceptors (Lipinski definition) is 2. The summed E-state index contributed by atoms with van der Waals surface area (Å²) in [7, 11) is 0. The first kappa shape index (κ1) is 16.3. The number of hydrogen-bond donors (Lipinski definition) is 1. The third-order valence-corrected chi connectivity index (χ3v) is 5.15. The molecule has 1 N–H and O–H groups in total. The molecule has 0 radical (unpaired) electrons. The van der Waals surface area contributed by atoms with Gasteiger partial charge in [0.1, 0.15) is 0 Å². The monoisotopic (exact) mass is 281 g/mol. The van der Waals surface area contributed by atoms with E-state index >= 15 is 0 Å². The zero-order chi connectivity index (χ0) is 14.6. The van der Waals surface area contributed by atoms with Crippen molar-refractivity contribution in [3.63, 3.8) is 0 Å². The number of ether oxygens (including phenoxy) is 1. The van der Waals surface area contributed by atoms with Gasteiger partial charge in [0, 0.05) is 6.54 Å². The summed E-state index contributed by atoms with van der Waals surface area (Å²) < 4.78 is 6.73. The summed E-state index contributed by atoms with van der Waals surface area (Å²) in [5, 5.41) is 3.61. The van der Waals surface area contributed by atoms with Gasteiger partial charge in [-0.1, -0.05) is 40.5 Å².